The quantitative estimate of drug-likeness (QED) is 0.526. The second-order valence-electron chi connectivity index (χ2n) is 10.5. The normalized spacial score (nSPS) is 17.4. The van der Waals surface area contributed by atoms with Crippen LogP contribution < -0.4 is 5.56 Å². The number of amides is 2. The van der Waals surface area contributed by atoms with E-state index in [1.807, 2.05) is 30.0 Å². The van der Waals surface area contributed by atoms with Crippen LogP contribution in [0.4, 0.5) is 4.39 Å². The van der Waals surface area contributed by atoms with E-state index in [0.717, 1.165) is 18.4 Å². The molecule has 0 saturated carbocycles. The van der Waals surface area contributed by atoms with Gasteiger partial charge in [0.05, 0.1) is 11.3 Å². The molecule has 39 heavy (non-hydrogen) atoms. The number of rotatable bonds is 6. The zero-order chi connectivity index (χ0) is 27.6. The van der Waals surface area contributed by atoms with Gasteiger partial charge in [0.2, 0.25) is 5.91 Å². The van der Waals surface area contributed by atoms with Crippen molar-refractivity contribution in [2.75, 3.05) is 39.4 Å². The molecule has 2 aliphatic rings. The van der Waals surface area contributed by atoms with Gasteiger partial charge in [0, 0.05) is 50.2 Å². The Kier molecular flexibility index (Phi) is 7.61. The Balaban J connectivity index is 1.30. The molecule has 0 atom stereocenters. The fourth-order valence-electron chi connectivity index (χ4n) is 5.56. The molecule has 204 valence electrons. The van der Waals surface area contributed by atoms with Gasteiger partial charge in [0.25, 0.3) is 11.5 Å². The first-order chi connectivity index (χ1) is 18.8. The summed E-state index contributed by atoms with van der Waals surface area (Å²) in [6, 6.07) is 14.6. The summed E-state index contributed by atoms with van der Waals surface area (Å²) in [7, 11) is 0. The number of ether oxygens (including phenoxy) is 1. The molecule has 2 fully saturated rings. The molecule has 9 heteroatoms. The molecular formula is C30H33FN4O4. The fraction of sp³-hybridized carbons (Fsp3) is 0.400. The molecule has 3 aromatic rings. The van der Waals surface area contributed by atoms with E-state index in [-0.39, 0.29) is 29.0 Å². The minimum Gasteiger partial charge on any atom is -0.381 e. The molecule has 2 aromatic carbocycles. The SMILES string of the molecule is Cc1c(Cc2ccc(F)c(C(=O)N3CCN(CC4(c5ccccc5)CCOCC4)C(=O)C3)c2)n[nH]c(=O)c1C. The topological polar surface area (TPSA) is 95.6 Å². The number of hydrogen-bond donors (Lipinski definition) is 1. The Morgan fingerprint density at radius 3 is 2.51 bits per heavy atom. The third kappa shape index (κ3) is 5.49. The van der Waals surface area contributed by atoms with E-state index in [0.29, 0.717) is 56.1 Å². The van der Waals surface area contributed by atoms with Crippen molar-refractivity contribution < 1.29 is 18.7 Å². The molecule has 0 unspecified atom stereocenters. The second kappa shape index (κ2) is 11.1. The van der Waals surface area contributed by atoms with Crippen LogP contribution in [0.25, 0.3) is 0 Å². The highest BCUT2D eigenvalue weighted by Crippen LogP contribution is 2.36. The molecule has 2 saturated heterocycles. The van der Waals surface area contributed by atoms with Crippen LogP contribution in [-0.4, -0.2) is 71.2 Å². The summed E-state index contributed by atoms with van der Waals surface area (Å²) in [5.74, 6) is -1.28. The Morgan fingerprint density at radius 2 is 1.79 bits per heavy atom. The number of piperazine rings is 1. The summed E-state index contributed by atoms with van der Waals surface area (Å²) < 4.78 is 20.4. The summed E-state index contributed by atoms with van der Waals surface area (Å²) in [5.41, 5.74) is 3.37. The predicted molar refractivity (Wildman–Crippen MR) is 144 cm³/mol. The molecule has 0 bridgehead atoms. The van der Waals surface area contributed by atoms with Gasteiger partial charge in [-0.05, 0) is 55.5 Å². The van der Waals surface area contributed by atoms with Crippen LogP contribution in [0.2, 0.25) is 0 Å². The van der Waals surface area contributed by atoms with Crippen molar-refractivity contribution in [1.82, 2.24) is 20.0 Å². The highest BCUT2D eigenvalue weighted by atomic mass is 19.1. The molecule has 2 amide bonds. The molecule has 0 aliphatic carbocycles. The first kappa shape index (κ1) is 26.7. The van der Waals surface area contributed by atoms with Gasteiger partial charge in [0.15, 0.2) is 0 Å². The van der Waals surface area contributed by atoms with Gasteiger partial charge in [-0.2, -0.15) is 5.10 Å². The van der Waals surface area contributed by atoms with Gasteiger partial charge in [-0.3, -0.25) is 14.4 Å². The zero-order valence-electron chi connectivity index (χ0n) is 22.3. The van der Waals surface area contributed by atoms with E-state index in [2.05, 4.69) is 22.3 Å². The number of hydrogen-bond acceptors (Lipinski definition) is 5. The first-order valence-corrected chi connectivity index (χ1v) is 13.3. The minimum atomic E-state index is -0.633. The highest BCUT2D eigenvalue weighted by molar-refractivity contribution is 5.97. The van der Waals surface area contributed by atoms with E-state index in [9.17, 15) is 18.8 Å². The van der Waals surface area contributed by atoms with Crippen molar-refractivity contribution in [3.05, 3.63) is 98.2 Å². The zero-order valence-corrected chi connectivity index (χ0v) is 22.3. The van der Waals surface area contributed by atoms with Gasteiger partial charge in [0.1, 0.15) is 12.4 Å². The van der Waals surface area contributed by atoms with Gasteiger partial charge in [-0.1, -0.05) is 36.4 Å². The summed E-state index contributed by atoms with van der Waals surface area (Å²) in [5, 5.41) is 6.61. The van der Waals surface area contributed by atoms with Gasteiger partial charge >= 0.3 is 0 Å². The van der Waals surface area contributed by atoms with Crippen LogP contribution in [0.1, 0.15) is 51.1 Å². The molecule has 0 spiro atoms. The maximum Gasteiger partial charge on any atom is 0.267 e. The lowest BCUT2D eigenvalue weighted by molar-refractivity contribution is -0.136. The van der Waals surface area contributed by atoms with Gasteiger partial charge in [-0.15, -0.1) is 0 Å². The van der Waals surface area contributed by atoms with E-state index in [1.54, 1.807) is 13.0 Å². The number of H-pyrrole nitrogens is 1. The van der Waals surface area contributed by atoms with Crippen molar-refractivity contribution in [1.29, 1.82) is 0 Å². The number of aromatic amines is 1. The van der Waals surface area contributed by atoms with Crippen molar-refractivity contribution in [2.45, 2.75) is 38.5 Å². The summed E-state index contributed by atoms with van der Waals surface area (Å²) in [4.78, 5) is 41.7. The predicted octanol–water partition coefficient (Wildman–Crippen LogP) is 3.15. The lowest BCUT2D eigenvalue weighted by Gasteiger charge is -2.44. The third-order valence-electron chi connectivity index (χ3n) is 8.20. The van der Waals surface area contributed by atoms with E-state index >= 15 is 0 Å². The first-order valence-electron chi connectivity index (χ1n) is 13.3. The second-order valence-corrected chi connectivity index (χ2v) is 10.5. The number of benzene rings is 2. The molecule has 0 radical (unpaired) electrons. The summed E-state index contributed by atoms with van der Waals surface area (Å²) in [6.07, 6.45) is 1.98. The van der Waals surface area contributed by atoms with Crippen molar-refractivity contribution in [3.8, 4) is 0 Å². The van der Waals surface area contributed by atoms with Crippen LogP contribution in [0.15, 0.2) is 53.3 Å². The number of nitrogens with zero attached hydrogens (tertiary/aromatic N) is 3. The Bertz CT molecular complexity index is 1430. The molecule has 1 N–H and O–H groups in total. The number of aromatic nitrogens is 2. The van der Waals surface area contributed by atoms with E-state index in [1.165, 1.54) is 22.6 Å². The number of halogens is 1. The van der Waals surface area contributed by atoms with E-state index in [4.69, 9.17) is 4.74 Å². The maximum absolute atomic E-state index is 14.8. The van der Waals surface area contributed by atoms with Crippen molar-refractivity contribution in [3.63, 3.8) is 0 Å². The van der Waals surface area contributed by atoms with Gasteiger partial charge in [-0.25, -0.2) is 9.49 Å². The average molecular weight is 533 g/mol. The third-order valence-corrected chi connectivity index (χ3v) is 8.20. The highest BCUT2D eigenvalue weighted by Gasteiger charge is 2.39. The number of carbonyl (C=O) groups is 2. The largest absolute Gasteiger partial charge is 0.381 e. The van der Waals surface area contributed by atoms with Crippen LogP contribution >= 0.6 is 0 Å². The molecule has 8 nitrogen and oxygen atoms in total. The van der Waals surface area contributed by atoms with Crippen LogP contribution in [-0.2, 0) is 21.4 Å². The lowest BCUT2D eigenvalue weighted by Crippen LogP contribution is -2.56. The Morgan fingerprint density at radius 1 is 1.05 bits per heavy atom. The van der Waals surface area contributed by atoms with Crippen molar-refractivity contribution in [2.24, 2.45) is 0 Å². The molecule has 2 aliphatic heterocycles. The summed E-state index contributed by atoms with van der Waals surface area (Å²) >= 11 is 0. The number of carbonyl (C=O) groups excluding carboxylic acids is 2. The standard InChI is InChI=1S/C30H33FN4O4/c1-20-21(2)28(37)33-32-26(20)17-22-8-9-25(31)24(16-22)29(38)34-12-13-35(27(36)18-34)19-30(10-14-39-15-11-30)23-6-4-3-5-7-23/h3-9,16H,10-15,17-19H2,1-2H3,(H,33,37). The fourth-order valence-corrected chi connectivity index (χ4v) is 5.56. The smallest absolute Gasteiger partial charge is 0.267 e. The number of nitrogens with one attached hydrogen (secondary N) is 1. The lowest BCUT2D eigenvalue weighted by atomic mass is 9.73. The van der Waals surface area contributed by atoms with Gasteiger partial charge < -0.3 is 14.5 Å². The van der Waals surface area contributed by atoms with E-state index < -0.39 is 11.7 Å². The monoisotopic (exact) mass is 532 g/mol. The molecule has 5 rings (SSSR count). The van der Waals surface area contributed by atoms with Crippen LogP contribution in [0, 0.1) is 19.7 Å². The Labute approximate surface area is 226 Å². The van der Waals surface area contributed by atoms with Crippen LogP contribution in [0.5, 0.6) is 0 Å². The maximum atomic E-state index is 14.8. The summed E-state index contributed by atoms with van der Waals surface area (Å²) in [6.45, 7) is 6.01. The van der Waals surface area contributed by atoms with Crippen molar-refractivity contribution >= 4 is 11.8 Å². The van der Waals surface area contributed by atoms with Crippen LogP contribution in [0.3, 0.4) is 0 Å². The average Bonchev–Trinajstić information content (AvgIpc) is 2.96. The molecular weight excluding hydrogens is 499 g/mol. The Hall–Kier alpha value is -3.85. The molecule has 1 aromatic heterocycles. The molecule has 3 heterocycles. The minimum absolute atomic E-state index is 0.0715.